The first-order valence-corrected chi connectivity index (χ1v) is 3.96. The molecule has 1 N–H and O–H groups in total. The summed E-state index contributed by atoms with van der Waals surface area (Å²) in [6.07, 6.45) is 1.67. The average molecular weight is 174 g/mol. The van der Waals surface area contributed by atoms with Crippen LogP contribution in [-0.4, -0.2) is 23.4 Å². The van der Waals surface area contributed by atoms with Crippen LogP contribution in [0, 0.1) is 6.92 Å². The smallest absolute Gasteiger partial charge is 0.0814 e. The van der Waals surface area contributed by atoms with Crippen molar-refractivity contribution in [2.24, 2.45) is 0 Å². The molecule has 0 aliphatic heterocycles. The summed E-state index contributed by atoms with van der Waals surface area (Å²) in [6.45, 7) is 3.75. The van der Waals surface area contributed by atoms with Crippen molar-refractivity contribution in [2.75, 3.05) is 13.6 Å². The molecule has 0 saturated heterocycles. The fourth-order valence-electron chi connectivity index (χ4n) is 0.867. The second-order valence-electron chi connectivity index (χ2n) is 2.40. The van der Waals surface area contributed by atoms with Gasteiger partial charge in [0.15, 0.2) is 0 Å². The van der Waals surface area contributed by atoms with E-state index in [1.54, 1.807) is 6.20 Å². The molecule has 1 heterocycles. The Bertz CT molecular complexity index is 232. The van der Waals surface area contributed by atoms with E-state index in [9.17, 15) is 0 Å². The summed E-state index contributed by atoms with van der Waals surface area (Å²) in [6, 6.07) is 0. The van der Waals surface area contributed by atoms with Crippen LogP contribution in [0.5, 0.6) is 0 Å². The molecule has 0 amide bonds. The normalized spacial score (nSPS) is 10.5. The third kappa shape index (κ3) is 1.94. The lowest BCUT2D eigenvalue weighted by Crippen LogP contribution is -2.16. The van der Waals surface area contributed by atoms with Crippen LogP contribution in [0.4, 0.5) is 0 Å². The third-order valence-electron chi connectivity index (χ3n) is 1.62. The molecule has 0 unspecified atom stereocenters. The van der Waals surface area contributed by atoms with Crippen LogP contribution in [-0.2, 0) is 6.54 Å². The van der Waals surface area contributed by atoms with E-state index in [0.29, 0.717) is 0 Å². The van der Waals surface area contributed by atoms with E-state index in [0.717, 1.165) is 23.8 Å². The van der Waals surface area contributed by atoms with Crippen LogP contribution in [0.2, 0.25) is 5.02 Å². The van der Waals surface area contributed by atoms with Crippen LogP contribution in [0.1, 0.15) is 5.69 Å². The monoisotopic (exact) mass is 173 g/mol. The Kier molecular flexibility index (Phi) is 2.91. The van der Waals surface area contributed by atoms with Crippen LogP contribution in [0.25, 0.3) is 0 Å². The van der Waals surface area contributed by atoms with Gasteiger partial charge >= 0.3 is 0 Å². The Morgan fingerprint density at radius 2 is 2.45 bits per heavy atom. The molecule has 0 aromatic carbocycles. The molecule has 0 aliphatic rings. The van der Waals surface area contributed by atoms with Crippen molar-refractivity contribution in [1.82, 2.24) is 15.1 Å². The van der Waals surface area contributed by atoms with Gasteiger partial charge in [0.1, 0.15) is 0 Å². The Morgan fingerprint density at radius 1 is 1.73 bits per heavy atom. The summed E-state index contributed by atoms with van der Waals surface area (Å²) in [7, 11) is 1.92. The minimum Gasteiger partial charge on any atom is -0.318 e. The molecule has 0 fully saturated rings. The molecule has 0 radical (unpaired) electrons. The van der Waals surface area contributed by atoms with Crippen molar-refractivity contribution < 1.29 is 0 Å². The van der Waals surface area contributed by atoms with Crippen molar-refractivity contribution in [1.29, 1.82) is 0 Å². The van der Waals surface area contributed by atoms with E-state index in [1.165, 1.54) is 0 Å². The lowest BCUT2D eigenvalue weighted by Gasteiger charge is -2.02. The predicted octanol–water partition coefficient (Wildman–Crippen LogP) is 1.06. The highest BCUT2D eigenvalue weighted by Crippen LogP contribution is 2.12. The highest BCUT2D eigenvalue weighted by molar-refractivity contribution is 6.31. The maximum Gasteiger partial charge on any atom is 0.0814 e. The maximum absolute atomic E-state index is 5.80. The number of rotatable bonds is 3. The first kappa shape index (κ1) is 8.56. The molecule has 62 valence electrons. The fourth-order valence-corrected chi connectivity index (χ4v) is 1.01. The van der Waals surface area contributed by atoms with Gasteiger partial charge in [-0.15, -0.1) is 0 Å². The molecule has 1 rings (SSSR count). The summed E-state index contributed by atoms with van der Waals surface area (Å²) >= 11 is 5.80. The van der Waals surface area contributed by atoms with Gasteiger partial charge in [0.25, 0.3) is 0 Å². The summed E-state index contributed by atoms with van der Waals surface area (Å²) < 4.78 is 1.89. The first-order valence-electron chi connectivity index (χ1n) is 3.58. The molecule has 0 atom stereocenters. The van der Waals surface area contributed by atoms with Gasteiger partial charge in [-0.2, -0.15) is 5.10 Å². The molecular weight excluding hydrogens is 162 g/mol. The number of hydrogen-bond donors (Lipinski definition) is 1. The van der Waals surface area contributed by atoms with Gasteiger partial charge in [0.2, 0.25) is 0 Å². The summed E-state index contributed by atoms with van der Waals surface area (Å²) in [5, 5.41) is 7.88. The molecule has 1 aromatic heterocycles. The minimum atomic E-state index is 0.737. The van der Waals surface area contributed by atoms with E-state index in [-0.39, 0.29) is 0 Å². The zero-order valence-corrected chi connectivity index (χ0v) is 7.52. The summed E-state index contributed by atoms with van der Waals surface area (Å²) in [5.41, 5.74) is 1.03. The van der Waals surface area contributed by atoms with Crippen LogP contribution >= 0.6 is 11.6 Å². The van der Waals surface area contributed by atoms with E-state index in [4.69, 9.17) is 11.6 Å². The number of aromatic nitrogens is 2. The van der Waals surface area contributed by atoms with Gasteiger partial charge in [0, 0.05) is 6.54 Å². The van der Waals surface area contributed by atoms with E-state index in [1.807, 2.05) is 18.7 Å². The van der Waals surface area contributed by atoms with Crippen molar-refractivity contribution in [3.63, 3.8) is 0 Å². The summed E-state index contributed by atoms with van der Waals surface area (Å²) in [5.74, 6) is 0. The van der Waals surface area contributed by atoms with Gasteiger partial charge in [-0.3, -0.25) is 4.68 Å². The number of hydrogen-bond acceptors (Lipinski definition) is 2. The highest BCUT2D eigenvalue weighted by atomic mass is 35.5. The molecule has 11 heavy (non-hydrogen) atoms. The van der Waals surface area contributed by atoms with Crippen molar-refractivity contribution in [3.8, 4) is 0 Å². The Morgan fingerprint density at radius 3 is 2.91 bits per heavy atom. The molecular formula is C7H12ClN3. The van der Waals surface area contributed by atoms with Crippen LogP contribution in [0.3, 0.4) is 0 Å². The average Bonchev–Trinajstić information content (AvgIpc) is 2.31. The Balaban J connectivity index is 2.63. The highest BCUT2D eigenvalue weighted by Gasteiger charge is 2.01. The van der Waals surface area contributed by atoms with E-state index < -0.39 is 0 Å². The zero-order valence-electron chi connectivity index (χ0n) is 6.76. The van der Waals surface area contributed by atoms with E-state index in [2.05, 4.69) is 10.4 Å². The minimum absolute atomic E-state index is 0.737. The second kappa shape index (κ2) is 3.74. The zero-order chi connectivity index (χ0) is 8.27. The van der Waals surface area contributed by atoms with Crippen molar-refractivity contribution in [2.45, 2.75) is 13.5 Å². The number of halogens is 1. The lowest BCUT2D eigenvalue weighted by molar-refractivity contribution is 0.572. The number of nitrogens with zero attached hydrogens (tertiary/aromatic N) is 2. The maximum atomic E-state index is 5.80. The topological polar surface area (TPSA) is 29.9 Å². The standard InChI is InChI=1S/C7H12ClN3/c1-6-7(8)5-10-11(6)4-3-9-2/h5,9H,3-4H2,1-2H3. The lowest BCUT2D eigenvalue weighted by atomic mass is 10.5. The SMILES string of the molecule is CNCCn1ncc(Cl)c1C. The van der Waals surface area contributed by atoms with Gasteiger partial charge in [-0.1, -0.05) is 11.6 Å². The molecule has 0 spiro atoms. The van der Waals surface area contributed by atoms with Gasteiger partial charge in [-0.25, -0.2) is 0 Å². The van der Waals surface area contributed by atoms with Gasteiger partial charge in [0.05, 0.1) is 23.5 Å². The van der Waals surface area contributed by atoms with Crippen LogP contribution in [0.15, 0.2) is 6.20 Å². The molecule has 0 bridgehead atoms. The number of likely N-dealkylation sites (N-methyl/N-ethyl adjacent to an activating group) is 1. The van der Waals surface area contributed by atoms with Crippen molar-refractivity contribution >= 4 is 11.6 Å². The predicted molar refractivity (Wildman–Crippen MR) is 45.9 cm³/mol. The van der Waals surface area contributed by atoms with Gasteiger partial charge < -0.3 is 5.32 Å². The largest absolute Gasteiger partial charge is 0.318 e. The Hall–Kier alpha value is -0.540. The molecule has 4 heteroatoms. The van der Waals surface area contributed by atoms with Gasteiger partial charge in [-0.05, 0) is 14.0 Å². The summed E-state index contributed by atoms with van der Waals surface area (Å²) in [4.78, 5) is 0. The second-order valence-corrected chi connectivity index (χ2v) is 2.81. The third-order valence-corrected chi connectivity index (χ3v) is 1.99. The van der Waals surface area contributed by atoms with Crippen molar-refractivity contribution in [3.05, 3.63) is 16.9 Å². The van der Waals surface area contributed by atoms with Crippen LogP contribution < -0.4 is 5.32 Å². The fraction of sp³-hybridized carbons (Fsp3) is 0.571. The quantitative estimate of drug-likeness (QED) is 0.741. The molecule has 0 aliphatic carbocycles. The van der Waals surface area contributed by atoms with E-state index >= 15 is 0 Å². The Labute approximate surface area is 71.4 Å². The molecule has 1 aromatic rings. The molecule has 3 nitrogen and oxygen atoms in total. The molecule has 0 saturated carbocycles. The first-order chi connectivity index (χ1) is 5.25. The number of nitrogens with one attached hydrogen (secondary N) is 1.